The van der Waals surface area contributed by atoms with E-state index in [4.69, 9.17) is 0 Å². The van der Waals surface area contributed by atoms with Crippen LogP contribution in [-0.2, 0) is 0 Å². The van der Waals surface area contributed by atoms with Crippen molar-refractivity contribution in [2.45, 2.75) is 6.04 Å². The minimum Gasteiger partial charge on any atom is -0.507 e. The summed E-state index contributed by atoms with van der Waals surface area (Å²) in [4.78, 5) is 14.8. The average Bonchev–Trinajstić information content (AvgIpc) is 3.10. The topological polar surface area (TPSA) is 106 Å². The first-order valence-electron chi connectivity index (χ1n) is 7.54. The molecular formula is C17H13N5O3. The molecule has 4 rings (SSSR count). The van der Waals surface area contributed by atoms with Crippen LogP contribution < -0.4 is 5.32 Å². The van der Waals surface area contributed by atoms with E-state index < -0.39 is 4.92 Å². The molecule has 25 heavy (non-hydrogen) atoms. The van der Waals surface area contributed by atoms with E-state index in [1.165, 1.54) is 18.5 Å². The van der Waals surface area contributed by atoms with Gasteiger partial charge >= 0.3 is 0 Å². The molecular weight excluding hydrogens is 322 g/mol. The number of aromatic nitrogens is 3. The third-order valence-corrected chi connectivity index (χ3v) is 4.02. The fourth-order valence-corrected chi connectivity index (χ4v) is 2.85. The number of para-hydroxylation sites is 1. The number of allylic oxidation sites excluding steroid dienone is 1. The van der Waals surface area contributed by atoms with E-state index in [1.807, 2.05) is 12.1 Å². The zero-order valence-electron chi connectivity index (χ0n) is 12.9. The van der Waals surface area contributed by atoms with E-state index in [0.717, 1.165) is 0 Å². The van der Waals surface area contributed by atoms with Crippen LogP contribution in [0.1, 0.15) is 17.2 Å². The quantitative estimate of drug-likeness (QED) is 0.563. The van der Waals surface area contributed by atoms with Gasteiger partial charge in [0.25, 0.3) is 5.69 Å². The molecule has 2 aromatic carbocycles. The lowest BCUT2D eigenvalue weighted by Gasteiger charge is -2.24. The molecule has 0 fully saturated rings. The molecule has 0 saturated heterocycles. The van der Waals surface area contributed by atoms with Gasteiger partial charge in [-0.2, -0.15) is 10.1 Å². The van der Waals surface area contributed by atoms with Crippen LogP contribution in [0.15, 0.2) is 60.9 Å². The van der Waals surface area contributed by atoms with Gasteiger partial charge in [0.15, 0.2) is 0 Å². The minimum absolute atomic E-state index is 0.00945. The van der Waals surface area contributed by atoms with Gasteiger partial charge in [-0.15, -0.1) is 0 Å². The van der Waals surface area contributed by atoms with Crippen LogP contribution in [0.5, 0.6) is 5.75 Å². The SMILES string of the molecule is O=[N+]([O-])c1cccc([C@@H]2C=C(c3ccccc3O)Nc3ncnn32)c1. The summed E-state index contributed by atoms with van der Waals surface area (Å²) in [5.74, 6) is 0.629. The number of fused-ring (bicyclic) bond motifs is 1. The predicted molar refractivity (Wildman–Crippen MR) is 91.0 cm³/mol. The van der Waals surface area contributed by atoms with E-state index in [2.05, 4.69) is 15.4 Å². The number of anilines is 1. The summed E-state index contributed by atoms with van der Waals surface area (Å²) in [5.41, 5.74) is 1.99. The number of nitro groups is 1. The molecule has 3 aromatic rings. The molecule has 1 aliphatic heterocycles. The van der Waals surface area contributed by atoms with Crippen LogP contribution in [-0.4, -0.2) is 24.8 Å². The van der Waals surface area contributed by atoms with E-state index >= 15 is 0 Å². The highest BCUT2D eigenvalue weighted by molar-refractivity contribution is 5.79. The smallest absolute Gasteiger partial charge is 0.269 e. The Kier molecular flexibility index (Phi) is 3.42. The van der Waals surface area contributed by atoms with Crippen molar-refractivity contribution in [2.75, 3.05) is 5.32 Å². The summed E-state index contributed by atoms with van der Waals surface area (Å²) in [6.45, 7) is 0. The summed E-state index contributed by atoms with van der Waals surface area (Å²) < 4.78 is 1.64. The van der Waals surface area contributed by atoms with Gasteiger partial charge in [0.1, 0.15) is 18.1 Å². The van der Waals surface area contributed by atoms with Crippen molar-refractivity contribution >= 4 is 17.3 Å². The van der Waals surface area contributed by atoms with Crippen LogP contribution in [0.4, 0.5) is 11.6 Å². The summed E-state index contributed by atoms with van der Waals surface area (Å²) >= 11 is 0. The van der Waals surface area contributed by atoms with Crippen molar-refractivity contribution in [2.24, 2.45) is 0 Å². The maximum absolute atomic E-state index is 11.1. The maximum atomic E-state index is 11.1. The van der Waals surface area contributed by atoms with Crippen LogP contribution in [0.2, 0.25) is 0 Å². The first kappa shape index (κ1) is 14.9. The molecule has 124 valence electrons. The Bertz CT molecular complexity index is 995. The van der Waals surface area contributed by atoms with Gasteiger partial charge in [-0.25, -0.2) is 4.68 Å². The van der Waals surface area contributed by atoms with Gasteiger partial charge in [-0.05, 0) is 23.8 Å². The number of phenolic OH excluding ortho intramolecular Hbond substituents is 1. The first-order chi connectivity index (χ1) is 12.1. The van der Waals surface area contributed by atoms with Crippen molar-refractivity contribution < 1.29 is 10.0 Å². The lowest BCUT2D eigenvalue weighted by Crippen LogP contribution is -2.20. The van der Waals surface area contributed by atoms with E-state index in [0.29, 0.717) is 22.8 Å². The van der Waals surface area contributed by atoms with Crippen LogP contribution >= 0.6 is 0 Å². The van der Waals surface area contributed by atoms with Crippen molar-refractivity contribution in [3.05, 3.63) is 82.2 Å². The molecule has 1 aromatic heterocycles. The third kappa shape index (κ3) is 2.59. The highest BCUT2D eigenvalue weighted by Crippen LogP contribution is 2.35. The second-order valence-corrected chi connectivity index (χ2v) is 5.55. The molecule has 0 spiro atoms. The number of benzene rings is 2. The van der Waals surface area contributed by atoms with Crippen LogP contribution in [0.3, 0.4) is 0 Å². The van der Waals surface area contributed by atoms with Gasteiger partial charge in [0.2, 0.25) is 5.95 Å². The first-order valence-corrected chi connectivity index (χ1v) is 7.54. The predicted octanol–water partition coefficient (Wildman–Crippen LogP) is 2.95. The number of aromatic hydroxyl groups is 1. The fourth-order valence-electron chi connectivity index (χ4n) is 2.85. The molecule has 8 nitrogen and oxygen atoms in total. The molecule has 0 bridgehead atoms. The summed E-state index contributed by atoms with van der Waals surface area (Å²) in [5, 5.41) is 28.5. The molecule has 1 aliphatic rings. The molecule has 0 saturated carbocycles. The molecule has 2 heterocycles. The summed E-state index contributed by atoms with van der Waals surface area (Å²) in [6, 6.07) is 13.0. The van der Waals surface area contributed by atoms with Crippen LogP contribution in [0.25, 0.3) is 5.70 Å². The van der Waals surface area contributed by atoms with Crippen LogP contribution in [0, 0.1) is 10.1 Å². The van der Waals surface area contributed by atoms with Crippen molar-refractivity contribution in [3.8, 4) is 5.75 Å². The van der Waals surface area contributed by atoms with Gasteiger partial charge in [-0.3, -0.25) is 10.1 Å². The second kappa shape index (κ2) is 5.75. The van der Waals surface area contributed by atoms with E-state index in [-0.39, 0.29) is 17.5 Å². The number of non-ortho nitro benzene ring substituents is 1. The lowest BCUT2D eigenvalue weighted by molar-refractivity contribution is -0.384. The number of rotatable bonds is 3. The summed E-state index contributed by atoms with van der Waals surface area (Å²) in [6.07, 6.45) is 3.27. The summed E-state index contributed by atoms with van der Waals surface area (Å²) in [7, 11) is 0. The lowest BCUT2D eigenvalue weighted by atomic mass is 10.0. The highest BCUT2D eigenvalue weighted by Gasteiger charge is 2.25. The fraction of sp³-hybridized carbons (Fsp3) is 0.0588. The van der Waals surface area contributed by atoms with Gasteiger partial charge < -0.3 is 10.4 Å². The number of nitrogens with one attached hydrogen (secondary N) is 1. The Labute approximate surface area is 142 Å². The van der Waals surface area contributed by atoms with Gasteiger partial charge in [-0.1, -0.05) is 24.3 Å². The average molecular weight is 335 g/mol. The largest absolute Gasteiger partial charge is 0.507 e. The molecule has 2 N–H and O–H groups in total. The Balaban J connectivity index is 1.84. The zero-order valence-corrected chi connectivity index (χ0v) is 12.9. The molecule has 0 aliphatic carbocycles. The monoisotopic (exact) mass is 335 g/mol. The standard InChI is InChI=1S/C17H13N5O3/c23-16-7-2-1-6-13(16)14-9-15(21-17(20-14)18-10-19-21)11-4-3-5-12(8-11)22(24)25/h1-10,15,23H,(H,18,19,20)/t15-/m0/s1. The number of phenols is 1. The number of nitro benzene ring substituents is 1. The Morgan fingerprint density at radius 3 is 2.84 bits per heavy atom. The minimum atomic E-state index is -0.430. The highest BCUT2D eigenvalue weighted by atomic mass is 16.6. The van der Waals surface area contributed by atoms with E-state index in [9.17, 15) is 15.2 Å². The molecule has 0 unspecified atom stereocenters. The third-order valence-electron chi connectivity index (χ3n) is 4.02. The van der Waals surface area contributed by atoms with Crippen molar-refractivity contribution in [3.63, 3.8) is 0 Å². The van der Waals surface area contributed by atoms with Crippen molar-refractivity contribution in [1.82, 2.24) is 14.8 Å². The Hall–Kier alpha value is -3.68. The normalized spacial score (nSPS) is 15.8. The number of hydrogen-bond acceptors (Lipinski definition) is 6. The van der Waals surface area contributed by atoms with E-state index in [1.54, 1.807) is 35.0 Å². The molecule has 8 heteroatoms. The molecule has 0 radical (unpaired) electrons. The number of nitrogens with zero attached hydrogens (tertiary/aromatic N) is 4. The van der Waals surface area contributed by atoms with Gasteiger partial charge in [0, 0.05) is 17.7 Å². The van der Waals surface area contributed by atoms with Crippen molar-refractivity contribution in [1.29, 1.82) is 0 Å². The molecule has 0 amide bonds. The Morgan fingerprint density at radius 1 is 1.20 bits per heavy atom. The Morgan fingerprint density at radius 2 is 2.04 bits per heavy atom. The zero-order chi connectivity index (χ0) is 17.4. The number of hydrogen-bond donors (Lipinski definition) is 2. The molecule has 1 atom stereocenters. The second-order valence-electron chi connectivity index (χ2n) is 5.55. The maximum Gasteiger partial charge on any atom is 0.269 e. The van der Waals surface area contributed by atoms with Gasteiger partial charge in [0.05, 0.1) is 10.6 Å².